The van der Waals surface area contributed by atoms with Crippen LogP contribution in [0.3, 0.4) is 0 Å². The third kappa shape index (κ3) is 4.10. The van der Waals surface area contributed by atoms with Crippen molar-refractivity contribution in [2.75, 3.05) is 37.7 Å². The minimum atomic E-state index is -4.35. The lowest BCUT2D eigenvalue weighted by Crippen LogP contribution is -2.25. The van der Waals surface area contributed by atoms with Crippen molar-refractivity contribution in [2.45, 2.75) is 13.1 Å². The Hall–Kier alpha value is -1.43. The van der Waals surface area contributed by atoms with E-state index in [0.717, 1.165) is 25.2 Å². The number of hydrogen-bond donors (Lipinski definition) is 2. The number of hydrogen-bond acceptors (Lipinski definition) is 3. The van der Waals surface area contributed by atoms with Crippen LogP contribution in [0.2, 0.25) is 0 Å². The summed E-state index contributed by atoms with van der Waals surface area (Å²) < 4.78 is 37.3. The highest BCUT2D eigenvalue weighted by Crippen LogP contribution is 2.32. The molecule has 102 valence electrons. The summed E-state index contributed by atoms with van der Waals surface area (Å²) in [6, 6.07) is 3.35. The van der Waals surface area contributed by atoms with Crippen LogP contribution in [-0.2, 0) is 6.18 Å². The zero-order valence-corrected chi connectivity index (χ0v) is 10.5. The SMILES string of the molecule is CCN(C)CCNc1ccc(C(F)(F)F)cc1N. The van der Waals surface area contributed by atoms with E-state index in [1.165, 1.54) is 6.07 Å². The Balaban J connectivity index is 2.63. The molecule has 0 saturated heterocycles. The molecule has 0 aliphatic carbocycles. The van der Waals surface area contributed by atoms with Gasteiger partial charge < -0.3 is 16.0 Å². The fourth-order valence-corrected chi connectivity index (χ4v) is 1.44. The van der Waals surface area contributed by atoms with Crippen molar-refractivity contribution in [2.24, 2.45) is 0 Å². The standard InChI is InChI=1S/C12H18F3N3/c1-3-18(2)7-6-17-11-5-4-9(8-10(11)16)12(13,14)15/h4-5,8,17H,3,6-7,16H2,1-2H3. The molecule has 0 radical (unpaired) electrons. The summed E-state index contributed by atoms with van der Waals surface area (Å²) >= 11 is 0. The first-order valence-corrected chi connectivity index (χ1v) is 5.73. The second-order valence-electron chi connectivity index (χ2n) is 4.12. The topological polar surface area (TPSA) is 41.3 Å². The van der Waals surface area contributed by atoms with Gasteiger partial charge in [0.2, 0.25) is 0 Å². The summed E-state index contributed by atoms with van der Waals surface area (Å²) in [4.78, 5) is 2.09. The minimum absolute atomic E-state index is 0.115. The highest BCUT2D eigenvalue weighted by molar-refractivity contribution is 5.67. The molecule has 0 aliphatic rings. The molecule has 0 amide bonds. The number of halogens is 3. The van der Waals surface area contributed by atoms with Gasteiger partial charge in [-0.1, -0.05) is 6.92 Å². The fourth-order valence-electron chi connectivity index (χ4n) is 1.44. The van der Waals surface area contributed by atoms with Gasteiger partial charge in [0.05, 0.1) is 16.9 Å². The average molecular weight is 261 g/mol. The summed E-state index contributed by atoms with van der Waals surface area (Å²) in [5.74, 6) is 0. The summed E-state index contributed by atoms with van der Waals surface area (Å²) in [5.41, 5.74) is 5.52. The summed E-state index contributed by atoms with van der Waals surface area (Å²) in [5, 5.41) is 3.02. The van der Waals surface area contributed by atoms with Gasteiger partial charge in [-0.25, -0.2) is 0 Å². The van der Waals surface area contributed by atoms with Crippen molar-refractivity contribution in [1.82, 2.24) is 4.90 Å². The van der Waals surface area contributed by atoms with Crippen LogP contribution in [0.5, 0.6) is 0 Å². The zero-order valence-electron chi connectivity index (χ0n) is 10.5. The number of nitrogen functional groups attached to an aromatic ring is 1. The lowest BCUT2D eigenvalue weighted by atomic mass is 10.1. The summed E-state index contributed by atoms with van der Waals surface area (Å²) in [7, 11) is 1.97. The molecule has 3 N–H and O–H groups in total. The average Bonchev–Trinajstić information content (AvgIpc) is 2.29. The van der Waals surface area contributed by atoms with Crippen LogP contribution in [0, 0.1) is 0 Å². The van der Waals surface area contributed by atoms with Crippen molar-refractivity contribution >= 4 is 11.4 Å². The number of anilines is 2. The van der Waals surface area contributed by atoms with Gasteiger partial charge in [-0.15, -0.1) is 0 Å². The van der Waals surface area contributed by atoms with E-state index in [4.69, 9.17) is 5.73 Å². The van der Waals surface area contributed by atoms with Crippen LogP contribution in [0.1, 0.15) is 12.5 Å². The Labute approximate surface area is 105 Å². The summed E-state index contributed by atoms with van der Waals surface area (Å²) in [6.45, 7) is 4.40. The molecule has 6 heteroatoms. The molecule has 18 heavy (non-hydrogen) atoms. The third-order valence-electron chi connectivity index (χ3n) is 2.73. The molecule has 0 aliphatic heterocycles. The van der Waals surface area contributed by atoms with E-state index in [-0.39, 0.29) is 5.69 Å². The molecule has 1 aromatic carbocycles. The Morgan fingerprint density at radius 2 is 2.00 bits per heavy atom. The van der Waals surface area contributed by atoms with E-state index in [1.807, 2.05) is 14.0 Å². The maximum Gasteiger partial charge on any atom is 0.416 e. The van der Waals surface area contributed by atoms with Crippen molar-refractivity contribution in [3.63, 3.8) is 0 Å². The minimum Gasteiger partial charge on any atom is -0.397 e. The second kappa shape index (κ2) is 5.95. The van der Waals surface area contributed by atoms with Gasteiger partial charge in [0.25, 0.3) is 0 Å². The molecule has 0 heterocycles. The van der Waals surface area contributed by atoms with E-state index in [2.05, 4.69) is 10.2 Å². The zero-order chi connectivity index (χ0) is 13.8. The molecule has 1 rings (SSSR count). The number of likely N-dealkylation sites (N-methyl/N-ethyl adjacent to an activating group) is 1. The van der Waals surface area contributed by atoms with Gasteiger partial charge in [0, 0.05) is 13.1 Å². The lowest BCUT2D eigenvalue weighted by molar-refractivity contribution is -0.137. The predicted octanol–water partition coefficient (Wildman–Crippen LogP) is 2.65. The molecule has 0 fully saturated rings. The van der Waals surface area contributed by atoms with Crippen LogP contribution >= 0.6 is 0 Å². The first kappa shape index (κ1) is 14.6. The molecule has 0 bridgehead atoms. The summed E-state index contributed by atoms with van der Waals surface area (Å²) in [6.07, 6.45) is -4.35. The van der Waals surface area contributed by atoms with E-state index in [0.29, 0.717) is 12.2 Å². The third-order valence-corrected chi connectivity index (χ3v) is 2.73. The van der Waals surface area contributed by atoms with Gasteiger partial charge in [0.15, 0.2) is 0 Å². The Morgan fingerprint density at radius 3 is 2.50 bits per heavy atom. The van der Waals surface area contributed by atoms with E-state index in [9.17, 15) is 13.2 Å². The number of nitrogens with zero attached hydrogens (tertiary/aromatic N) is 1. The van der Waals surface area contributed by atoms with Gasteiger partial charge in [0.1, 0.15) is 0 Å². The Morgan fingerprint density at radius 1 is 1.33 bits per heavy atom. The molecule has 0 saturated carbocycles. The molecule has 1 aromatic rings. The van der Waals surface area contributed by atoms with Gasteiger partial charge in [-0.05, 0) is 31.8 Å². The number of nitrogens with one attached hydrogen (secondary N) is 1. The maximum atomic E-state index is 12.4. The van der Waals surface area contributed by atoms with Crippen LogP contribution < -0.4 is 11.1 Å². The first-order valence-electron chi connectivity index (χ1n) is 5.73. The van der Waals surface area contributed by atoms with E-state index >= 15 is 0 Å². The molecule has 3 nitrogen and oxygen atoms in total. The second-order valence-corrected chi connectivity index (χ2v) is 4.12. The van der Waals surface area contributed by atoms with Crippen LogP contribution in [-0.4, -0.2) is 31.6 Å². The quantitative estimate of drug-likeness (QED) is 0.801. The van der Waals surface area contributed by atoms with Crippen molar-refractivity contribution in [3.8, 4) is 0 Å². The van der Waals surface area contributed by atoms with E-state index in [1.54, 1.807) is 0 Å². The van der Waals surface area contributed by atoms with Crippen LogP contribution in [0.4, 0.5) is 24.5 Å². The Kier molecular flexibility index (Phi) is 4.84. The fraction of sp³-hybridized carbons (Fsp3) is 0.500. The van der Waals surface area contributed by atoms with Gasteiger partial charge in [-0.2, -0.15) is 13.2 Å². The largest absolute Gasteiger partial charge is 0.416 e. The number of rotatable bonds is 5. The van der Waals surface area contributed by atoms with Crippen LogP contribution in [0.15, 0.2) is 18.2 Å². The molecule has 0 aromatic heterocycles. The normalized spacial score (nSPS) is 11.9. The van der Waals surface area contributed by atoms with Crippen molar-refractivity contribution in [1.29, 1.82) is 0 Å². The molecule has 0 atom stereocenters. The van der Waals surface area contributed by atoms with Crippen LogP contribution in [0.25, 0.3) is 0 Å². The molecular formula is C12H18F3N3. The van der Waals surface area contributed by atoms with Gasteiger partial charge in [-0.3, -0.25) is 0 Å². The van der Waals surface area contributed by atoms with Gasteiger partial charge >= 0.3 is 6.18 Å². The number of benzene rings is 1. The maximum absolute atomic E-state index is 12.4. The van der Waals surface area contributed by atoms with Crippen molar-refractivity contribution < 1.29 is 13.2 Å². The number of alkyl halides is 3. The predicted molar refractivity (Wildman–Crippen MR) is 67.5 cm³/mol. The Bertz CT molecular complexity index is 391. The highest BCUT2D eigenvalue weighted by Gasteiger charge is 2.30. The first-order chi connectivity index (χ1) is 8.34. The number of nitrogens with two attached hydrogens (primary N) is 1. The molecule has 0 unspecified atom stereocenters. The molecule has 0 spiro atoms. The van der Waals surface area contributed by atoms with E-state index < -0.39 is 11.7 Å². The monoisotopic (exact) mass is 261 g/mol. The molecular weight excluding hydrogens is 243 g/mol. The lowest BCUT2D eigenvalue weighted by Gasteiger charge is -2.16. The highest BCUT2D eigenvalue weighted by atomic mass is 19.4. The van der Waals surface area contributed by atoms with Crippen molar-refractivity contribution in [3.05, 3.63) is 23.8 Å². The smallest absolute Gasteiger partial charge is 0.397 e.